The summed E-state index contributed by atoms with van der Waals surface area (Å²) in [5, 5.41) is 9.81. The molecule has 1 heteroatoms. The maximum Gasteiger partial charge on any atom is 0.0465 e. The third-order valence-corrected chi connectivity index (χ3v) is 6.10. The smallest absolute Gasteiger partial charge is 0.0465 e. The lowest BCUT2D eigenvalue weighted by Crippen LogP contribution is -2.04. The van der Waals surface area contributed by atoms with Crippen LogP contribution in [0.2, 0.25) is 0 Å². The summed E-state index contributed by atoms with van der Waals surface area (Å²) >= 11 is 0. The van der Waals surface area contributed by atoms with Crippen LogP contribution in [-0.2, 0) is 0 Å². The van der Waals surface area contributed by atoms with Gasteiger partial charge >= 0.3 is 0 Å². The van der Waals surface area contributed by atoms with E-state index in [1.54, 1.807) is 0 Å². The highest BCUT2D eigenvalue weighted by molar-refractivity contribution is 5.07. The highest BCUT2D eigenvalue weighted by Gasteiger charge is 2.05. The van der Waals surface area contributed by atoms with Gasteiger partial charge in [-0.2, -0.15) is 0 Å². The van der Waals surface area contributed by atoms with E-state index in [-0.39, 0.29) is 6.61 Å². The molecular formula is C32H54O. The highest BCUT2D eigenvalue weighted by Crippen LogP contribution is 2.18. The van der Waals surface area contributed by atoms with Gasteiger partial charge in [0.25, 0.3) is 0 Å². The summed E-state index contributed by atoms with van der Waals surface area (Å²) in [5.74, 6) is 0.331. The van der Waals surface area contributed by atoms with Crippen molar-refractivity contribution >= 4 is 0 Å². The topological polar surface area (TPSA) is 20.2 Å². The molecule has 0 radical (unpaired) electrons. The van der Waals surface area contributed by atoms with E-state index < -0.39 is 0 Å². The molecule has 0 fully saturated rings. The van der Waals surface area contributed by atoms with Crippen molar-refractivity contribution in [3.8, 4) is 0 Å². The molecule has 0 bridgehead atoms. The van der Waals surface area contributed by atoms with E-state index in [1.165, 1.54) is 33.4 Å². The van der Waals surface area contributed by atoms with Gasteiger partial charge in [-0.1, -0.05) is 69.9 Å². The third kappa shape index (κ3) is 20.7. The van der Waals surface area contributed by atoms with Gasteiger partial charge in [-0.15, -0.1) is 0 Å². The van der Waals surface area contributed by atoms with Crippen LogP contribution in [0.3, 0.4) is 0 Å². The van der Waals surface area contributed by atoms with E-state index in [0.717, 1.165) is 64.2 Å². The molecule has 0 aliphatic carbocycles. The van der Waals surface area contributed by atoms with Crippen LogP contribution in [-0.4, -0.2) is 11.7 Å². The summed E-state index contributed by atoms with van der Waals surface area (Å²) in [4.78, 5) is 0. The standard InChI is InChI=1S/C32H54O/c1-26(2)13-9-15-28(5)17-11-19-30(7)21-23-32(25-33)24-22-31(8)20-12-18-29(6)16-10-14-27(3)4/h13-14,17-18,21-22,32-33H,9-12,15-16,19-20,23-25H2,1-8H3/b28-17+,29-18+,30-21+,31-22+. The minimum atomic E-state index is 0.264. The molecule has 0 saturated carbocycles. The number of hydrogen-bond acceptors (Lipinski definition) is 1. The van der Waals surface area contributed by atoms with Crippen molar-refractivity contribution in [3.63, 3.8) is 0 Å². The fourth-order valence-electron chi connectivity index (χ4n) is 3.66. The number of rotatable bonds is 17. The van der Waals surface area contributed by atoms with E-state index in [1.807, 2.05) is 0 Å². The summed E-state index contributed by atoms with van der Waals surface area (Å²) in [6.45, 7) is 17.9. The van der Waals surface area contributed by atoms with Gasteiger partial charge in [-0.25, -0.2) is 0 Å². The third-order valence-electron chi connectivity index (χ3n) is 6.10. The second-order valence-corrected chi connectivity index (χ2v) is 10.4. The molecule has 0 spiro atoms. The second-order valence-electron chi connectivity index (χ2n) is 10.4. The van der Waals surface area contributed by atoms with Crippen molar-refractivity contribution in [2.45, 2.75) is 120 Å². The van der Waals surface area contributed by atoms with Crippen LogP contribution >= 0.6 is 0 Å². The normalized spacial score (nSPS) is 14.3. The zero-order valence-corrected chi connectivity index (χ0v) is 23.3. The molecule has 0 aromatic rings. The van der Waals surface area contributed by atoms with Gasteiger partial charge in [0.15, 0.2) is 0 Å². The molecule has 188 valence electrons. The second kappa shape index (κ2) is 19.8. The van der Waals surface area contributed by atoms with Crippen LogP contribution < -0.4 is 0 Å². The fourth-order valence-corrected chi connectivity index (χ4v) is 3.66. The van der Waals surface area contributed by atoms with Gasteiger partial charge in [0.05, 0.1) is 0 Å². The molecule has 0 saturated heterocycles. The maximum atomic E-state index is 9.81. The van der Waals surface area contributed by atoms with E-state index in [2.05, 4.69) is 91.8 Å². The minimum absolute atomic E-state index is 0.264. The first-order valence-corrected chi connectivity index (χ1v) is 13.1. The lowest BCUT2D eigenvalue weighted by atomic mass is 9.97. The molecule has 1 nitrogen and oxygen atoms in total. The molecule has 0 atom stereocenters. The molecule has 0 aromatic heterocycles. The first kappa shape index (κ1) is 31.4. The number of allylic oxidation sites excluding steroid dienone is 12. The Morgan fingerprint density at radius 1 is 0.485 bits per heavy atom. The van der Waals surface area contributed by atoms with Crippen molar-refractivity contribution in [1.82, 2.24) is 0 Å². The zero-order valence-electron chi connectivity index (χ0n) is 23.3. The Hall–Kier alpha value is -1.60. The lowest BCUT2D eigenvalue weighted by Gasteiger charge is -2.11. The molecule has 0 rings (SSSR count). The Labute approximate surface area is 207 Å². The van der Waals surface area contributed by atoms with E-state index >= 15 is 0 Å². The molecule has 33 heavy (non-hydrogen) atoms. The molecular weight excluding hydrogens is 400 g/mol. The number of aliphatic hydroxyl groups excluding tert-OH is 1. The van der Waals surface area contributed by atoms with E-state index in [9.17, 15) is 5.11 Å². The minimum Gasteiger partial charge on any atom is -0.396 e. The monoisotopic (exact) mass is 454 g/mol. The van der Waals surface area contributed by atoms with Crippen molar-refractivity contribution in [1.29, 1.82) is 0 Å². The van der Waals surface area contributed by atoms with Crippen molar-refractivity contribution < 1.29 is 5.11 Å². The van der Waals surface area contributed by atoms with Gasteiger partial charge in [0, 0.05) is 6.61 Å². The number of hydrogen-bond donors (Lipinski definition) is 1. The highest BCUT2D eigenvalue weighted by atomic mass is 16.3. The first-order chi connectivity index (χ1) is 15.6. The van der Waals surface area contributed by atoms with Crippen LogP contribution in [0.1, 0.15) is 120 Å². The Morgan fingerprint density at radius 3 is 1.09 bits per heavy atom. The largest absolute Gasteiger partial charge is 0.396 e. The predicted molar refractivity (Wildman–Crippen MR) is 151 cm³/mol. The van der Waals surface area contributed by atoms with Crippen molar-refractivity contribution in [2.24, 2.45) is 5.92 Å². The van der Waals surface area contributed by atoms with Gasteiger partial charge in [-0.3, -0.25) is 0 Å². The van der Waals surface area contributed by atoms with Crippen LogP contribution in [0.25, 0.3) is 0 Å². The van der Waals surface area contributed by atoms with Crippen LogP contribution in [0.15, 0.2) is 69.9 Å². The van der Waals surface area contributed by atoms with Crippen LogP contribution in [0.4, 0.5) is 0 Å². The average molecular weight is 455 g/mol. The van der Waals surface area contributed by atoms with Crippen molar-refractivity contribution in [3.05, 3.63) is 69.9 Å². The molecule has 0 unspecified atom stereocenters. The molecule has 0 aromatic carbocycles. The van der Waals surface area contributed by atoms with Gasteiger partial charge in [0.1, 0.15) is 0 Å². The summed E-state index contributed by atoms with van der Waals surface area (Å²) in [6, 6.07) is 0. The first-order valence-electron chi connectivity index (χ1n) is 13.1. The SMILES string of the molecule is CC(C)=CCC/C(C)=C/CC/C(C)=C/CC(CO)C/C=C(\C)CC/C=C(\C)CCC=C(C)C. The number of aliphatic hydroxyl groups is 1. The summed E-state index contributed by atoms with van der Waals surface area (Å²) in [6.07, 6.45) is 25.1. The molecule has 0 heterocycles. The molecule has 0 aliphatic heterocycles. The van der Waals surface area contributed by atoms with E-state index in [4.69, 9.17) is 0 Å². The van der Waals surface area contributed by atoms with Crippen LogP contribution in [0.5, 0.6) is 0 Å². The summed E-state index contributed by atoms with van der Waals surface area (Å²) < 4.78 is 0. The van der Waals surface area contributed by atoms with Crippen molar-refractivity contribution in [2.75, 3.05) is 6.61 Å². The quantitative estimate of drug-likeness (QED) is 0.217. The Kier molecular flexibility index (Phi) is 18.9. The lowest BCUT2D eigenvalue weighted by molar-refractivity contribution is 0.228. The van der Waals surface area contributed by atoms with Crippen LogP contribution in [0, 0.1) is 5.92 Å². The van der Waals surface area contributed by atoms with Gasteiger partial charge < -0.3 is 5.11 Å². The zero-order chi connectivity index (χ0) is 25.1. The Bertz CT molecular complexity index is 641. The summed E-state index contributed by atoms with van der Waals surface area (Å²) in [5.41, 5.74) is 8.68. The molecule has 1 N–H and O–H groups in total. The summed E-state index contributed by atoms with van der Waals surface area (Å²) in [7, 11) is 0. The predicted octanol–water partition coefficient (Wildman–Crippen LogP) is 10.2. The maximum absolute atomic E-state index is 9.81. The molecule has 0 aliphatic rings. The Balaban J connectivity index is 4.33. The average Bonchev–Trinajstić information content (AvgIpc) is 2.73. The Morgan fingerprint density at radius 2 is 0.788 bits per heavy atom. The van der Waals surface area contributed by atoms with Gasteiger partial charge in [0.2, 0.25) is 0 Å². The van der Waals surface area contributed by atoms with E-state index in [0.29, 0.717) is 5.92 Å². The molecule has 0 amide bonds. The fraction of sp³-hybridized carbons (Fsp3) is 0.625. The van der Waals surface area contributed by atoms with Gasteiger partial charge in [-0.05, 0) is 126 Å².